The summed E-state index contributed by atoms with van der Waals surface area (Å²) in [6.45, 7) is 6.49. The smallest absolute Gasteiger partial charge is 0.0477 e. The van der Waals surface area contributed by atoms with Gasteiger partial charge >= 0.3 is 0 Å². The van der Waals surface area contributed by atoms with Crippen LogP contribution in [-0.4, -0.2) is 26.3 Å². The van der Waals surface area contributed by atoms with E-state index in [1.54, 1.807) is 7.11 Å². The molecule has 0 heterocycles. The van der Waals surface area contributed by atoms with E-state index in [9.17, 15) is 0 Å². The summed E-state index contributed by atoms with van der Waals surface area (Å²) in [5.41, 5.74) is 0. The molecule has 0 saturated carbocycles. The summed E-state index contributed by atoms with van der Waals surface area (Å²) in [4.78, 5) is 0. The van der Waals surface area contributed by atoms with Crippen LogP contribution in [-0.2, 0) is 4.74 Å². The largest absolute Gasteiger partial charge is 0.385 e. The van der Waals surface area contributed by atoms with Gasteiger partial charge in [0.1, 0.15) is 0 Å². The van der Waals surface area contributed by atoms with E-state index in [-0.39, 0.29) is 0 Å². The predicted octanol–water partition coefficient (Wildman–Crippen LogP) is 2.97. The summed E-state index contributed by atoms with van der Waals surface area (Å²) >= 11 is 0. The van der Waals surface area contributed by atoms with Gasteiger partial charge in [0.05, 0.1) is 0 Å². The van der Waals surface area contributed by atoms with Crippen LogP contribution in [0.2, 0.25) is 0 Å². The lowest BCUT2D eigenvalue weighted by Crippen LogP contribution is -2.30. The minimum Gasteiger partial charge on any atom is -0.385 e. The lowest BCUT2D eigenvalue weighted by Gasteiger charge is -2.17. The fraction of sp³-hybridized carbons (Fsp3) is 1.00. The van der Waals surface area contributed by atoms with E-state index in [1.807, 2.05) is 0 Å². The van der Waals surface area contributed by atoms with Crippen molar-refractivity contribution in [3.63, 3.8) is 0 Å². The second-order valence-electron chi connectivity index (χ2n) is 3.93. The van der Waals surface area contributed by atoms with Gasteiger partial charge in [0.25, 0.3) is 0 Å². The average molecular weight is 201 g/mol. The zero-order chi connectivity index (χ0) is 10.6. The summed E-state index contributed by atoms with van der Waals surface area (Å²) in [6.07, 6.45) is 7.69. The molecule has 1 N–H and O–H groups in total. The fourth-order valence-corrected chi connectivity index (χ4v) is 1.60. The number of unbranched alkanes of at least 4 members (excludes halogenated alkanes) is 2. The van der Waals surface area contributed by atoms with E-state index in [0.29, 0.717) is 6.04 Å². The van der Waals surface area contributed by atoms with Gasteiger partial charge in [-0.3, -0.25) is 0 Å². The monoisotopic (exact) mass is 201 g/mol. The highest BCUT2D eigenvalue weighted by molar-refractivity contribution is 4.66. The van der Waals surface area contributed by atoms with Crippen molar-refractivity contribution < 1.29 is 4.74 Å². The van der Waals surface area contributed by atoms with Crippen molar-refractivity contribution in [2.45, 2.75) is 58.4 Å². The standard InChI is InChI=1S/C12H27NO/c1-4-6-7-8-12(9-11-14-3)13-10-5-2/h12-13H,4-11H2,1-3H3. The highest BCUT2D eigenvalue weighted by Crippen LogP contribution is 2.06. The normalized spacial score (nSPS) is 13.1. The fourth-order valence-electron chi connectivity index (χ4n) is 1.60. The summed E-state index contributed by atoms with van der Waals surface area (Å²) in [7, 11) is 1.78. The number of methoxy groups -OCH3 is 1. The van der Waals surface area contributed by atoms with Crippen LogP contribution in [0, 0.1) is 0 Å². The van der Waals surface area contributed by atoms with Crippen molar-refractivity contribution in [2.24, 2.45) is 0 Å². The quantitative estimate of drug-likeness (QED) is 0.549. The predicted molar refractivity (Wildman–Crippen MR) is 62.7 cm³/mol. The topological polar surface area (TPSA) is 21.3 Å². The Kier molecular flexibility index (Phi) is 10.9. The number of ether oxygens (including phenoxy) is 1. The van der Waals surface area contributed by atoms with Gasteiger partial charge in [-0.2, -0.15) is 0 Å². The van der Waals surface area contributed by atoms with Crippen LogP contribution in [0.3, 0.4) is 0 Å². The molecule has 0 aliphatic carbocycles. The third kappa shape index (κ3) is 8.52. The Labute approximate surface area is 89.4 Å². The van der Waals surface area contributed by atoms with Crippen LogP contribution in [0.5, 0.6) is 0 Å². The minimum absolute atomic E-state index is 0.668. The average Bonchev–Trinajstić information content (AvgIpc) is 2.21. The van der Waals surface area contributed by atoms with E-state index >= 15 is 0 Å². The molecule has 0 bridgehead atoms. The Bertz CT molecular complexity index is 98.5. The van der Waals surface area contributed by atoms with E-state index in [2.05, 4.69) is 19.2 Å². The molecule has 0 fully saturated rings. The Morgan fingerprint density at radius 1 is 1.07 bits per heavy atom. The molecule has 0 aromatic carbocycles. The number of hydrogen-bond acceptors (Lipinski definition) is 2. The van der Waals surface area contributed by atoms with Gasteiger partial charge in [-0.15, -0.1) is 0 Å². The maximum Gasteiger partial charge on any atom is 0.0477 e. The molecular weight excluding hydrogens is 174 g/mol. The lowest BCUT2D eigenvalue weighted by atomic mass is 10.1. The maximum absolute atomic E-state index is 5.12. The van der Waals surface area contributed by atoms with Crippen molar-refractivity contribution in [2.75, 3.05) is 20.3 Å². The molecule has 0 aromatic rings. The van der Waals surface area contributed by atoms with Gasteiger partial charge in [-0.1, -0.05) is 33.1 Å². The number of hydrogen-bond donors (Lipinski definition) is 1. The van der Waals surface area contributed by atoms with Crippen LogP contribution >= 0.6 is 0 Å². The third-order valence-corrected chi connectivity index (χ3v) is 2.51. The summed E-state index contributed by atoms with van der Waals surface area (Å²) in [5, 5.41) is 3.58. The second-order valence-corrected chi connectivity index (χ2v) is 3.93. The lowest BCUT2D eigenvalue weighted by molar-refractivity contribution is 0.180. The minimum atomic E-state index is 0.668. The van der Waals surface area contributed by atoms with Crippen LogP contribution in [0.15, 0.2) is 0 Å². The molecule has 86 valence electrons. The van der Waals surface area contributed by atoms with Crippen molar-refractivity contribution in [1.29, 1.82) is 0 Å². The first kappa shape index (κ1) is 13.9. The van der Waals surface area contributed by atoms with Crippen molar-refractivity contribution >= 4 is 0 Å². The molecule has 14 heavy (non-hydrogen) atoms. The summed E-state index contributed by atoms with van der Waals surface area (Å²) in [6, 6.07) is 0.668. The second kappa shape index (κ2) is 11.0. The van der Waals surface area contributed by atoms with Gasteiger partial charge in [0.2, 0.25) is 0 Å². The molecule has 0 radical (unpaired) electrons. The molecule has 1 atom stereocenters. The molecule has 2 nitrogen and oxygen atoms in total. The van der Waals surface area contributed by atoms with Gasteiger partial charge < -0.3 is 10.1 Å². The first-order valence-corrected chi connectivity index (χ1v) is 6.07. The molecule has 2 heteroatoms. The Hall–Kier alpha value is -0.0800. The van der Waals surface area contributed by atoms with Crippen molar-refractivity contribution in [1.82, 2.24) is 5.32 Å². The molecule has 1 unspecified atom stereocenters. The SMILES string of the molecule is CCCCCC(CCOC)NCCC. The number of nitrogens with one attached hydrogen (secondary N) is 1. The third-order valence-electron chi connectivity index (χ3n) is 2.51. The van der Waals surface area contributed by atoms with Crippen LogP contribution in [0.1, 0.15) is 52.4 Å². The molecule has 0 spiro atoms. The highest BCUT2D eigenvalue weighted by Gasteiger charge is 2.06. The molecule has 0 aliphatic rings. The number of rotatable bonds is 10. The summed E-state index contributed by atoms with van der Waals surface area (Å²) < 4.78 is 5.12. The highest BCUT2D eigenvalue weighted by atomic mass is 16.5. The van der Waals surface area contributed by atoms with Crippen LogP contribution < -0.4 is 5.32 Å². The Balaban J connectivity index is 3.49. The Morgan fingerprint density at radius 3 is 2.43 bits per heavy atom. The first-order chi connectivity index (χ1) is 6.85. The van der Waals surface area contributed by atoms with Crippen molar-refractivity contribution in [3.8, 4) is 0 Å². The molecule has 0 saturated heterocycles. The van der Waals surface area contributed by atoms with E-state index in [0.717, 1.165) is 19.6 Å². The van der Waals surface area contributed by atoms with Gasteiger partial charge in [0, 0.05) is 19.8 Å². The zero-order valence-electron chi connectivity index (χ0n) is 10.1. The van der Waals surface area contributed by atoms with E-state index < -0.39 is 0 Å². The van der Waals surface area contributed by atoms with Crippen LogP contribution in [0.4, 0.5) is 0 Å². The Morgan fingerprint density at radius 2 is 1.86 bits per heavy atom. The van der Waals surface area contributed by atoms with Crippen molar-refractivity contribution in [3.05, 3.63) is 0 Å². The molecule has 0 amide bonds. The molecule has 0 aromatic heterocycles. The zero-order valence-corrected chi connectivity index (χ0v) is 10.1. The van der Waals surface area contributed by atoms with Crippen LogP contribution in [0.25, 0.3) is 0 Å². The molecule has 0 aliphatic heterocycles. The molecular formula is C12H27NO. The maximum atomic E-state index is 5.12. The summed E-state index contributed by atoms with van der Waals surface area (Å²) in [5.74, 6) is 0. The van der Waals surface area contributed by atoms with Gasteiger partial charge in [-0.25, -0.2) is 0 Å². The van der Waals surface area contributed by atoms with Gasteiger partial charge in [-0.05, 0) is 25.8 Å². The van der Waals surface area contributed by atoms with E-state index in [1.165, 1.54) is 32.1 Å². The van der Waals surface area contributed by atoms with E-state index in [4.69, 9.17) is 4.74 Å². The van der Waals surface area contributed by atoms with Gasteiger partial charge in [0.15, 0.2) is 0 Å². The molecule has 0 rings (SSSR count). The first-order valence-electron chi connectivity index (χ1n) is 6.07.